The van der Waals surface area contributed by atoms with E-state index in [0.29, 0.717) is 13.1 Å². The van der Waals surface area contributed by atoms with Crippen LogP contribution in [0.3, 0.4) is 0 Å². The number of thiophene rings is 1. The standard InChI is InChI=1S/C26H23F3N4OS/c27-26(28,29)23-14-20(22-12-7-13-35-22)30-24-15-21(31-33(23)24)25(34)32(16-18-8-3-1-4-9-18)17-19-10-5-2-6-11-19/h1-13,15,20,23,30H,14,16-17H2/t20-,23+/m1/s1. The maximum absolute atomic E-state index is 14.0. The molecule has 9 heteroatoms. The average molecular weight is 497 g/mol. The summed E-state index contributed by atoms with van der Waals surface area (Å²) in [6, 6.07) is 21.7. The zero-order valence-corrected chi connectivity index (χ0v) is 19.5. The molecule has 35 heavy (non-hydrogen) atoms. The van der Waals surface area contributed by atoms with Gasteiger partial charge < -0.3 is 10.2 Å². The number of hydrogen-bond acceptors (Lipinski definition) is 4. The van der Waals surface area contributed by atoms with Crippen LogP contribution < -0.4 is 5.32 Å². The van der Waals surface area contributed by atoms with Crippen molar-refractivity contribution in [2.45, 2.75) is 37.8 Å². The number of fused-ring (bicyclic) bond motifs is 1. The number of halogens is 3. The Labute approximate surface area is 204 Å². The monoisotopic (exact) mass is 496 g/mol. The summed E-state index contributed by atoms with van der Waals surface area (Å²) in [5, 5.41) is 9.16. The van der Waals surface area contributed by atoms with E-state index < -0.39 is 24.2 Å². The van der Waals surface area contributed by atoms with E-state index in [4.69, 9.17) is 0 Å². The largest absolute Gasteiger partial charge is 0.410 e. The molecular weight excluding hydrogens is 473 g/mol. The molecule has 0 bridgehead atoms. The summed E-state index contributed by atoms with van der Waals surface area (Å²) in [6.45, 7) is 0.620. The molecule has 5 rings (SSSR count). The van der Waals surface area contributed by atoms with Crippen LogP contribution in [0.5, 0.6) is 0 Å². The van der Waals surface area contributed by atoms with Crippen LogP contribution in [-0.4, -0.2) is 26.8 Å². The van der Waals surface area contributed by atoms with Gasteiger partial charge in [0.15, 0.2) is 11.7 Å². The van der Waals surface area contributed by atoms with Crippen LogP contribution in [-0.2, 0) is 13.1 Å². The number of amides is 1. The Bertz CT molecular complexity index is 1230. The molecule has 1 aliphatic rings. The smallest absolute Gasteiger partial charge is 0.363 e. The van der Waals surface area contributed by atoms with Gasteiger partial charge in [-0.1, -0.05) is 66.7 Å². The Balaban J connectivity index is 1.47. The number of hydrogen-bond donors (Lipinski definition) is 1. The van der Waals surface area contributed by atoms with Crippen molar-refractivity contribution < 1.29 is 18.0 Å². The molecule has 0 radical (unpaired) electrons. The van der Waals surface area contributed by atoms with Gasteiger partial charge in [-0.25, -0.2) is 4.68 Å². The van der Waals surface area contributed by atoms with Crippen molar-refractivity contribution in [2.24, 2.45) is 0 Å². The molecule has 2 aromatic carbocycles. The van der Waals surface area contributed by atoms with Crippen LogP contribution in [0.1, 0.15) is 45.0 Å². The van der Waals surface area contributed by atoms with Gasteiger partial charge in [0.1, 0.15) is 5.82 Å². The summed E-state index contributed by atoms with van der Waals surface area (Å²) in [7, 11) is 0. The van der Waals surface area contributed by atoms with Gasteiger partial charge in [-0.05, 0) is 22.6 Å². The number of benzene rings is 2. The molecule has 4 aromatic rings. The number of anilines is 1. The van der Waals surface area contributed by atoms with Gasteiger partial charge in [0.2, 0.25) is 0 Å². The first kappa shape index (κ1) is 23.2. The topological polar surface area (TPSA) is 50.2 Å². The highest BCUT2D eigenvalue weighted by molar-refractivity contribution is 7.10. The van der Waals surface area contributed by atoms with Crippen molar-refractivity contribution in [3.63, 3.8) is 0 Å². The van der Waals surface area contributed by atoms with Crippen LogP contribution >= 0.6 is 11.3 Å². The molecule has 1 aliphatic heterocycles. The third-order valence-corrected chi connectivity index (χ3v) is 7.00. The van der Waals surface area contributed by atoms with E-state index >= 15 is 0 Å². The molecule has 0 saturated heterocycles. The van der Waals surface area contributed by atoms with Crippen molar-refractivity contribution in [3.05, 3.63) is 106 Å². The van der Waals surface area contributed by atoms with Gasteiger partial charge in [0, 0.05) is 30.5 Å². The van der Waals surface area contributed by atoms with Crippen molar-refractivity contribution in [1.82, 2.24) is 14.7 Å². The van der Waals surface area contributed by atoms with E-state index in [9.17, 15) is 18.0 Å². The molecule has 180 valence electrons. The molecule has 0 saturated carbocycles. The second kappa shape index (κ2) is 9.58. The number of carbonyl (C=O) groups is 1. The highest BCUT2D eigenvalue weighted by Crippen LogP contribution is 2.44. The molecule has 0 unspecified atom stereocenters. The zero-order chi connectivity index (χ0) is 24.4. The Kier molecular flexibility index (Phi) is 6.34. The normalized spacial score (nSPS) is 17.5. The first-order valence-electron chi connectivity index (χ1n) is 11.2. The van der Waals surface area contributed by atoms with Gasteiger partial charge >= 0.3 is 6.18 Å². The van der Waals surface area contributed by atoms with E-state index in [1.54, 1.807) is 4.90 Å². The predicted octanol–water partition coefficient (Wildman–Crippen LogP) is 6.45. The van der Waals surface area contributed by atoms with Crippen LogP contribution in [0.4, 0.5) is 19.0 Å². The minimum atomic E-state index is -4.49. The first-order valence-corrected chi connectivity index (χ1v) is 12.1. The lowest BCUT2D eigenvalue weighted by molar-refractivity contribution is -0.173. The van der Waals surface area contributed by atoms with E-state index in [1.807, 2.05) is 78.2 Å². The molecule has 0 spiro atoms. The van der Waals surface area contributed by atoms with Crippen LogP contribution in [0.25, 0.3) is 0 Å². The zero-order valence-electron chi connectivity index (χ0n) is 18.7. The molecule has 5 nitrogen and oxygen atoms in total. The van der Waals surface area contributed by atoms with Gasteiger partial charge in [0.25, 0.3) is 5.91 Å². The fraction of sp³-hybridized carbons (Fsp3) is 0.231. The van der Waals surface area contributed by atoms with Crippen molar-refractivity contribution >= 4 is 23.1 Å². The quantitative estimate of drug-likeness (QED) is 0.334. The van der Waals surface area contributed by atoms with Crippen LogP contribution in [0.15, 0.2) is 84.2 Å². The number of carbonyl (C=O) groups excluding carboxylic acids is 1. The number of rotatable bonds is 6. The number of aromatic nitrogens is 2. The first-order chi connectivity index (χ1) is 16.9. The lowest BCUT2D eigenvalue weighted by Gasteiger charge is -2.32. The Morgan fingerprint density at radius 3 is 2.17 bits per heavy atom. The SMILES string of the molecule is O=C(c1cc2n(n1)[C@H](C(F)(F)F)C[C@H](c1cccs1)N2)N(Cc1ccccc1)Cc1ccccc1. The summed E-state index contributed by atoms with van der Waals surface area (Å²) < 4.78 is 42.9. The maximum atomic E-state index is 14.0. The van der Waals surface area contributed by atoms with E-state index in [1.165, 1.54) is 17.4 Å². The highest BCUT2D eigenvalue weighted by atomic mass is 32.1. The molecule has 1 N–H and O–H groups in total. The molecule has 2 aromatic heterocycles. The minimum Gasteiger partial charge on any atom is -0.363 e. The molecular formula is C26H23F3N4OS. The summed E-state index contributed by atoms with van der Waals surface area (Å²) in [5.74, 6) is -0.227. The number of alkyl halides is 3. The van der Waals surface area contributed by atoms with E-state index in [0.717, 1.165) is 20.7 Å². The van der Waals surface area contributed by atoms with Gasteiger partial charge in [-0.3, -0.25) is 4.79 Å². The number of nitrogens with zero attached hydrogens (tertiary/aromatic N) is 3. The third-order valence-electron chi connectivity index (χ3n) is 6.02. The molecule has 0 fully saturated rings. The van der Waals surface area contributed by atoms with Gasteiger partial charge in [-0.2, -0.15) is 18.3 Å². The van der Waals surface area contributed by atoms with E-state index in [-0.39, 0.29) is 17.9 Å². The fourth-order valence-corrected chi connectivity index (χ4v) is 5.11. The predicted molar refractivity (Wildman–Crippen MR) is 129 cm³/mol. The lowest BCUT2D eigenvalue weighted by atomic mass is 10.0. The average Bonchev–Trinajstić information content (AvgIpc) is 3.53. The second-order valence-corrected chi connectivity index (χ2v) is 9.48. The van der Waals surface area contributed by atoms with Crippen molar-refractivity contribution in [2.75, 3.05) is 5.32 Å². The Morgan fingerprint density at radius 1 is 1.00 bits per heavy atom. The van der Waals surface area contributed by atoms with Crippen molar-refractivity contribution in [3.8, 4) is 0 Å². The summed E-state index contributed by atoms with van der Waals surface area (Å²) in [6.07, 6.45) is -4.68. The Hall–Kier alpha value is -3.59. The fourth-order valence-electron chi connectivity index (χ4n) is 4.32. The van der Waals surface area contributed by atoms with Gasteiger partial charge in [-0.15, -0.1) is 11.3 Å². The maximum Gasteiger partial charge on any atom is 0.410 e. The third kappa shape index (κ3) is 5.09. The van der Waals surface area contributed by atoms with Crippen LogP contribution in [0, 0.1) is 0 Å². The van der Waals surface area contributed by atoms with Gasteiger partial charge in [0.05, 0.1) is 6.04 Å². The molecule has 2 atom stereocenters. The second-order valence-electron chi connectivity index (χ2n) is 8.50. The summed E-state index contributed by atoms with van der Waals surface area (Å²) in [4.78, 5) is 16.0. The summed E-state index contributed by atoms with van der Waals surface area (Å²) in [5.41, 5.74) is 1.83. The number of nitrogens with one attached hydrogen (secondary N) is 1. The molecule has 1 amide bonds. The lowest BCUT2D eigenvalue weighted by Crippen LogP contribution is -2.35. The molecule has 3 heterocycles. The van der Waals surface area contributed by atoms with E-state index in [2.05, 4.69) is 10.4 Å². The minimum absolute atomic E-state index is 0.0135. The summed E-state index contributed by atoms with van der Waals surface area (Å²) >= 11 is 1.40. The Morgan fingerprint density at radius 2 is 1.63 bits per heavy atom. The van der Waals surface area contributed by atoms with Crippen LogP contribution in [0.2, 0.25) is 0 Å². The van der Waals surface area contributed by atoms with Crippen molar-refractivity contribution in [1.29, 1.82) is 0 Å². The molecule has 0 aliphatic carbocycles. The highest BCUT2D eigenvalue weighted by Gasteiger charge is 2.47.